The molecule has 1 atom stereocenters. The van der Waals surface area contributed by atoms with E-state index in [1.165, 1.54) is 12.8 Å². The van der Waals surface area contributed by atoms with Crippen LogP contribution in [-0.4, -0.2) is 50.2 Å². The van der Waals surface area contributed by atoms with Crippen LogP contribution in [0.1, 0.15) is 32.1 Å². The number of piperidine rings is 1. The molecule has 126 valence electrons. The zero-order chi connectivity index (χ0) is 15.7. The van der Waals surface area contributed by atoms with E-state index >= 15 is 0 Å². The minimum absolute atomic E-state index is 0.120. The normalized spacial score (nSPS) is 30.4. The van der Waals surface area contributed by atoms with E-state index in [1.807, 2.05) is 4.90 Å². The molecule has 0 saturated carbocycles. The molecule has 5 heteroatoms. The number of carbonyl (C=O) groups is 1. The van der Waals surface area contributed by atoms with Gasteiger partial charge in [0.05, 0.1) is 11.1 Å². The van der Waals surface area contributed by atoms with Crippen LogP contribution in [0, 0.1) is 11.3 Å². The number of likely N-dealkylation sites (tertiary alicyclic amines) is 1. The summed E-state index contributed by atoms with van der Waals surface area (Å²) in [7, 11) is 0. The first-order valence-electron chi connectivity index (χ1n) is 8.91. The molecule has 23 heavy (non-hydrogen) atoms. The number of thiophene rings is 1. The van der Waals surface area contributed by atoms with Gasteiger partial charge in [-0.2, -0.15) is 11.3 Å². The summed E-state index contributed by atoms with van der Waals surface area (Å²) in [6, 6.07) is 2.07. The summed E-state index contributed by atoms with van der Waals surface area (Å²) in [5.74, 6) is 1.12. The van der Waals surface area contributed by atoms with Gasteiger partial charge in [-0.05, 0) is 56.0 Å². The molecule has 4 nitrogen and oxygen atoms in total. The van der Waals surface area contributed by atoms with Gasteiger partial charge in [-0.1, -0.05) is 0 Å². The molecule has 0 bridgehead atoms. The molecule has 3 fully saturated rings. The van der Waals surface area contributed by atoms with E-state index in [4.69, 9.17) is 4.74 Å². The first-order chi connectivity index (χ1) is 11.3. The monoisotopic (exact) mass is 334 g/mol. The summed E-state index contributed by atoms with van der Waals surface area (Å²) in [4.78, 5) is 17.7. The number of anilines is 1. The lowest BCUT2D eigenvalue weighted by molar-refractivity contribution is -0.128. The highest BCUT2D eigenvalue weighted by molar-refractivity contribution is 7.08. The standard InChI is InChI=1S/C18H26N2O2S/c21-17-18(6-8-20(17)16-4-11-23-13-16)5-1-7-19(14-18)12-15-2-9-22-10-3-15/h4,11,13,15H,1-3,5-10,12,14H2/t18-/m0/s1. The highest BCUT2D eigenvalue weighted by Crippen LogP contribution is 2.42. The molecule has 1 aromatic rings. The molecular formula is C18H26N2O2S. The second kappa shape index (κ2) is 6.54. The maximum atomic E-state index is 13.1. The van der Waals surface area contributed by atoms with Crippen molar-refractivity contribution in [2.75, 3.05) is 44.3 Å². The minimum atomic E-state index is -0.120. The van der Waals surface area contributed by atoms with Crippen molar-refractivity contribution in [2.24, 2.45) is 11.3 Å². The summed E-state index contributed by atoms with van der Waals surface area (Å²) in [6.45, 7) is 5.98. The Bertz CT molecular complexity index is 541. The van der Waals surface area contributed by atoms with Crippen LogP contribution in [0.4, 0.5) is 5.69 Å². The van der Waals surface area contributed by atoms with Gasteiger partial charge in [0, 0.05) is 38.2 Å². The highest BCUT2D eigenvalue weighted by Gasteiger charge is 2.49. The number of ether oxygens (including phenoxy) is 1. The summed E-state index contributed by atoms with van der Waals surface area (Å²) in [6.07, 6.45) is 5.60. The fraction of sp³-hybridized carbons (Fsp3) is 0.722. The molecule has 0 aliphatic carbocycles. The molecule has 0 N–H and O–H groups in total. The average molecular weight is 334 g/mol. The van der Waals surface area contributed by atoms with Crippen molar-refractivity contribution in [3.05, 3.63) is 16.8 Å². The zero-order valence-corrected chi connectivity index (χ0v) is 14.5. The number of hydrogen-bond donors (Lipinski definition) is 0. The van der Waals surface area contributed by atoms with E-state index in [0.29, 0.717) is 5.91 Å². The molecule has 3 aliphatic rings. The average Bonchev–Trinajstić information content (AvgIpc) is 3.19. The Morgan fingerprint density at radius 2 is 2.13 bits per heavy atom. The van der Waals surface area contributed by atoms with Crippen LogP contribution in [0.3, 0.4) is 0 Å². The van der Waals surface area contributed by atoms with Gasteiger partial charge in [0.15, 0.2) is 0 Å². The van der Waals surface area contributed by atoms with Gasteiger partial charge >= 0.3 is 0 Å². The van der Waals surface area contributed by atoms with Crippen LogP contribution in [-0.2, 0) is 9.53 Å². The molecule has 1 aromatic heterocycles. The topological polar surface area (TPSA) is 32.8 Å². The van der Waals surface area contributed by atoms with Crippen LogP contribution in [0.2, 0.25) is 0 Å². The SMILES string of the molecule is O=C1N(c2ccsc2)CC[C@]12CCCN(CC1CCOCC1)C2. The maximum Gasteiger partial charge on any atom is 0.234 e. The van der Waals surface area contributed by atoms with Crippen LogP contribution in [0.15, 0.2) is 16.8 Å². The van der Waals surface area contributed by atoms with Crippen molar-refractivity contribution in [3.8, 4) is 0 Å². The summed E-state index contributed by atoms with van der Waals surface area (Å²) >= 11 is 1.67. The summed E-state index contributed by atoms with van der Waals surface area (Å²) in [5, 5.41) is 4.16. The fourth-order valence-electron chi connectivity index (χ4n) is 4.53. The van der Waals surface area contributed by atoms with E-state index in [2.05, 4.69) is 21.7 Å². The van der Waals surface area contributed by atoms with Crippen molar-refractivity contribution in [1.82, 2.24) is 4.90 Å². The molecule has 1 amide bonds. The van der Waals surface area contributed by atoms with Gasteiger partial charge in [-0.3, -0.25) is 4.79 Å². The Morgan fingerprint density at radius 3 is 2.91 bits per heavy atom. The first-order valence-corrected chi connectivity index (χ1v) is 9.85. The van der Waals surface area contributed by atoms with Crippen LogP contribution in [0.25, 0.3) is 0 Å². The van der Waals surface area contributed by atoms with E-state index in [9.17, 15) is 4.79 Å². The Labute approximate surface area is 142 Å². The lowest BCUT2D eigenvalue weighted by Crippen LogP contribution is -2.49. The maximum absolute atomic E-state index is 13.1. The Balaban J connectivity index is 1.43. The molecule has 4 heterocycles. The van der Waals surface area contributed by atoms with Crippen LogP contribution in [0.5, 0.6) is 0 Å². The molecule has 1 spiro atoms. The van der Waals surface area contributed by atoms with Crippen LogP contribution >= 0.6 is 11.3 Å². The van der Waals surface area contributed by atoms with Gasteiger partial charge in [0.2, 0.25) is 5.91 Å². The predicted octanol–water partition coefficient (Wildman–Crippen LogP) is 2.99. The van der Waals surface area contributed by atoms with Crippen molar-refractivity contribution >= 4 is 22.9 Å². The van der Waals surface area contributed by atoms with E-state index in [-0.39, 0.29) is 5.41 Å². The van der Waals surface area contributed by atoms with Crippen molar-refractivity contribution in [2.45, 2.75) is 32.1 Å². The predicted molar refractivity (Wildman–Crippen MR) is 92.9 cm³/mol. The molecule has 0 aromatic carbocycles. The molecule has 0 unspecified atom stereocenters. The first kappa shape index (κ1) is 15.6. The number of amides is 1. The van der Waals surface area contributed by atoms with E-state index in [1.54, 1.807) is 11.3 Å². The van der Waals surface area contributed by atoms with Gasteiger partial charge in [0.25, 0.3) is 0 Å². The van der Waals surface area contributed by atoms with Crippen molar-refractivity contribution < 1.29 is 9.53 Å². The Morgan fingerprint density at radius 1 is 1.26 bits per heavy atom. The number of rotatable bonds is 3. The van der Waals surface area contributed by atoms with Gasteiger partial charge in [0.1, 0.15) is 0 Å². The largest absolute Gasteiger partial charge is 0.381 e. The molecule has 4 rings (SSSR count). The van der Waals surface area contributed by atoms with Gasteiger partial charge in [-0.25, -0.2) is 0 Å². The fourth-order valence-corrected chi connectivity index (χ4v) is 5.18. The smallest absolute Gasteiger partial charge is 0.234 e. The second-order valence-electron chi connectivity index (χ2n) is 7.36. The number of nitrogens with zero attached hydrogens (tertiary/aromatic N) is 2. The summed E-state index contributed by atoms with van der Waals surface area (Å²) in [5.41, 5.74) is 0.976. The Kier molecular flexibility index (Phi) is 4.43. The lowest BCUT2D eigenvalue weighted by Gasteiger charge is -2.40. The third kappa shape index (κ3) is 3.06. The molecule has 3 aliphatic heterocycles. The quantitative estimate of drug-likeness (QED) is 0.852. The zero-order valence-electron chi connectivity index (χ0n) is 13.7. The number of carbonyl (C=O) groups excluding carboxylic acids is 1. The number of hydrogen-bond acceptors (Lipinski definition) is 4. The minimum Gasteiger partial charge on any atom is -0.381 e. The highest BCUT2D eigenvalue weighted by atomic mass is 32.1. The van der Waals surface area contributed by atoms with E-state index < -0.39 is 0 Å². The third-order valence-electron chi connectivity index (χ3n) is 5.84. The van der Waals surface area contributed by atoms with Crippen LogP contribution < -0.4 is 4.90 Å². The third-order valence-corrected chi connectivity index (χ3v) is 6.51. The lowest BCUT2D eigenvalue weighted by atomic mass is 9.78. The van der Waals surface area contributed by atoms with Gasteiger partial charge < -0.3 is 14.5 Å². The Hall–Kier alpha value is -0.910. The van der Waals surface area contributed by atoms with Gasteiger partial charge in [-0.15, -0.1) is 0 Å². The molecule has 3 saturated heterocycles. The second-order valence-corrected chi connectivity index (χ2v) is 8.14. The van der Waals surface area contributed by atoms with Crippen molar-refractivity contribution in [1.29, 1.82) is 0 Å². The van der Waals surface area contributed by atoms with E-state index in [0.717, 1.165) is 70.3 Å². The summed E-state index contributed by atoms with van der Waals surface area (Å²) < 4.78 is 5.48. The van der Waals surface area contributed by atoms with Crippen molar-refractivity contribution in [3.63, 3.8) is 0 Å². The molecule has 0 radical (unpaired) electrons. The molecular weight excluding hydrogens is 308 g/mol.